The van der Waals surface area contributed by atoms with Crippen LogP contribution in [0.15, 0.2) is 17.0 Å². The minimum Gasteiger partial charge on any atom is -0.462 e. The number of rotatable bonds is 3. The van der Waals surface area contributed by atoms with E-state index < -0.39 is 10.9 Å². The molecular weight excluding hydrogens is 244 g/mol. The first kappa shape index (κ1) is 13.0. The van der Waals surface area contributed by atoms with Crippen LogP contribution in [0.25, 0.3) is 0 Å². The number of benzene rings is 1. The van der Waals surface area contributed by atoms with Gasteiger partial charge in [-0.2, -0.15) is 5.26 Å². The van der Waals surface area contributed by atoms with E-state index in [0.29, 0.717) is 0 Å². The van der Waals surface area contributed by atoms with Crippen molar-refractivity contribution >= 4 is 24.3 Å². The zero-order valence-electron chi connectivity index (χ0n) is 8.84. The molecule has 0 atom stereocenters. The fourth-order valence-corrected chi connectivity index (χ4v) is 1.44. The Morgan fingerprint density at radius 2 is 2.29 bits per heavy atom. The number of carbonyl (C=O) groups excluding carboxylic acids is 1. The Bertz CT molecular complexity index is 522. The normalized spacial score (nSPS) is 9.47. The average molecular weight is 252 g/mol. The van der Waals surface area contributed by atoms with E-state index in [0.717, 1.165) is 12.1 Å². The molecule has 0 saturated carbocycles. The van der Waals surface area contributed by atoms with E-state index in [4.69, 9.17) is 10.00 Å². The number of non-ortho nitro benzene ring substituents is 1. The van der Waals surface area contributed by atoms with Gasteiger partial charge in [0.2, 0.25) is 0 Å². The van der Waals surface area contributed by atoms with E-state index in [9.17, 15) is 14.9 Å². The minimum atomic E-state index is -0.738. The monoisotopic (exact) mass is 252 g/mol. The third-order valence-electron chi connectivity index (χ3n) is 1.92. The van der Waals surface area contributed by atoms with Crippen LogP contribution in [-0.4, -0.2) is 17.5 Å². The number of carbonyl (C=O) groups is 1. The van der Waals surface area contributed by atoms with Gasteiger partial charge in [-0.3, -0.25) is 10.1 Å². The lowest BCUT2D eigenvalue weighted by atomic mass is 10.1. The van der Waals surface area contributed by atoms with Crippen LogP contribution in [0.4, 0.5) is 5.69 Å². The number of hydrogen-bond acceptors (Lipinski definition) is 6. The Balaban J connectivity index is 3.38. The van der Waals surface area contributed by atoms with E-state index in [1.54, 1.807) is 13.0 Å². The Morgan fingerprint density at radius 1 is 1.65 bits per heavy atom. The summed E-state index contributed by atoms with van der Waals surface area (Å²) in [7, 11) is 0. The van der Waals surface area contributed by atoms with Crippen LogP contribution >= 0.6 is 12.6 Å². The molecule has 0 unspecified atom stereocenters. The Hall–Kier alpha value is -2.07. The van der Waals surface area contributed by atoms with Crippen molar-refractivity contribution < 1.29 is 14.5 Å². The third kappa shape index (κ3) is 2.73. The maximum atomic E-state index is 11.5. The Kier molecular flexibility index (Phi) is 4.06. The van der Waals surface area contributed by atoms with Crippen molar-refractivity contribution in [3.8, 4) is 6.07 Å². The van der Waals surface area contributed by atoms with Crippen molar-refractivity contribution in [2.45, 2.75) is 11.8 Å². The lowest BCUT2D eigenvalue weighted by Crippen LogP contribution is -2.07. The predicted octanol–water partition coefficient (Wildman–Crippen LogP) is 1.93. The van der Waals surface area contributed by atoms with Crippen molar-refractivity contribution in [1.29, 1.82) is 5.26 Å². The van der Waals surface area contributed by atoms with Crippen molar-refractivity contribution in [3.05, 3.63) is 33.4 Å². The maximum Gasteiger partial charge on any atom is 0.339 e. The van der Waals surface area contributed by atoms with Gasteiger partial charge in [0.05, 0.1) is 22.7 Å². The SMILES string of the molecule is CCOC(=O)c1cc([N+](=O)[O-])cc(C#N)c1S. The maximum absolute atomic E-state index is 11.5. The first-order valence-corrected chi connectivity index (χ1v) is 5.04. The second-order valence-electron chi connectivity index (χ2n) is 2.98. The number of nitro benzene ring substituents is 1. The molecule has 0 aliphatic rings. The predicted molar refractivity (Wildman–Crippen MR) is 61.0 cm³/mol. The molecule has 0 heterocycles. The van der Waals surface area contributed by atoms with Gasteiger partial charge < -0.3 is 4.74 Å². The smallest absolute Gasteiger partial charge is 0.339 e. The van der Waals surface area contributed by atoms with Crippen LogP contribution in [0.3, 0.4) is 0 Å². The molecular formula is C10H8N2O4S. The molecule has 0 bridgehead atoms. The summed E-state index contributed by atoms with van der Waals surface area (Å²) >= 11 is 3.99. The molecule has 0 fully saturated rings. The van der Waals surface area contributed by atoms with Crippen LogP contribution in [0.1, 0.15) is 22.8 Å². The van der Waals surface area contributed by atoms with Crippen molar-refractivity contribution in [2.24, 2.45) is 0 Å². The van der Waals surface area contributed by atoms with E-state index in [-0.39, 0.29) is 28.3 Å². The van der Waals surface area contributed by atoms with Crippen LogP contribution in [0, 0.1) is 21.4 Å². The van der Waals surface area contributed by atoms with Gasteiger partial charge in [-0.05, 0) is 6.92 Å². The molecule has 17 heavy (non-hydrogen) atoms. The molecule has 0 radical (unpaired) electrons. The lowest BCUT2D eigenvalue weighted by molar-refractivity contribution is -0.385. The van der Waals surface area contributed by atoms with Gasteiger partial charge in [0.25, 0.3) is 5.69 Å². The van der Waals surface area contributed by atoms with Crippen molar-refractivity contribution in [1.82, 2.24) is 0 Å². The highest BCUT2D eigenvalue weighted by Gasteiger charge is 2.20. The summed E-state index contributed by atoms with van der Waals surface area (Å²) in [4.78, 5) is 21.5. The van der Waals surface area contributed by atoms with E-state index >= 15 is 0 Å². The standard InChI is InChI=1S/C10H8N2O4S/c1-2-16-10(13)8-4-7(12(14)15)3-6(5-11)9(8)17/h3-4,17H,2H2,1H3. The van der Waals surface area contributed by atoms with Gasteiger partial charge in [0.1, 0.15) is 6.07 Å². The van der Waals surface area contributed by atoms with Gasteiger partial charge in [-0.25, -0.2) is 4.79 Å². The highest BCUT2D eigenvalue weighted by atomic mass is 32.1. The number of nitro groups is 1. The molecule has 88 valence electrons. The molecule has 0 N–H and O–H groups in total. The van der Waals surface area contributed by atoms with Gasteiger partial charge in [-0.15, -0.1) is 12.6 Å². The average Bonchev–Trinajstić information content (AvgIpc) is 2.29. The molecule has 1 aromatic rings. The van der Waals surface area contributed by atoms with Crippen LogP contribution < -0.4 is 0 Å². The summed E-state index contributed by atoms with van der Waals surface area (Å²) in [6.07, 6.45) is 0. The number of thiol groups is 1. The fraction of sp³-hybridized carbons (Fsp3) is 0.200. The molecule has 1 aromatic carbocycles. The third-order valence-corrected chi connectivity index (χ3v) is 2.40. The lowest BCUT2D eigenvalue weighted by Gasteiger charge is -2.05. The van der Waals surface area contributed by atoms with Crippen LogP contribution in [0.5, 0.6) is 0 Å². The summed E-state index contributed by atoms with van der Waals surface area (Å²) in [6, 6.07) is 3.84. The largest absolute Gasteiger partial charge is 0.462 e. The number of nitriles is 1. The zero-order chi connectivity index (χ0) is 13.0. The van der Waals surface area contributed by atoms with E-state index in [1.165, 1.54) is 0 Å². The Morgan fingerprint density at radius 3 is 2.76 bits per heavy atom. The highest BCUT2D eigenvalue weighted by molar-refractivity contribution is 7.80. The number of nitrogens with zero attached hydrogens (tertiary/aromatic N) is 2. The fourth-order valence-electron chi connectivity index (χ4n) is 1.17. The topological polar surface area (TPSA) is 93.2 Å². The second-order valence-corrected chi connectivity index (χ2v) is 3.43. The first-order chi connectivity index (χ1) is 8.01. The molecule has 0 spiro atoms. The summed E-state index contributed by atoms with van der Waals surface area (Å²) in [5.74, 6) is -0.738. The molecule has 7 heteroatoms. The van der Waals surface area contributed by atoms with E-state index in [2.05, 4.69) is 12.6 Å². The molecule has 0 aromatic heterocycles. The molecule has 0 saturated heterocycles. The summed E-state index contributed by atoms with van der Waals surface area (Å²) in [6.45, 7) is 1.75. The molecule has 6 nitrogen and oxygen atoms in total. The Labute approximate surface area is 102 Å². The van der Waals surface area contributed by atoms with Gasteiger partial charge >= 0.3 is 5.97 Å². The minimum absolute atomic E-state index is 0.0365. The summed E-state index contributed by atoms with van der Waals surface area (Å²) < 4.78 is 4.72. The zero-order valence-corrected chi connectivity index (χ0v) is 9.73. The van der Waals surface area contributed by atoms with Gasteiger partial charge in [0.15, 0.2) is 0 Å². The quantitative estimate of drug-likeness (QED) is 0.384. The first-order valence-electron chi connectivity index (χ1n) is 4.59. The highest BCUT2D eigenvalue weighted by Crippen LogP contribution is 2.25. The number of ether oxygens (including phenoxy) is 1. The molecule has 1 rings (SSSR count). The number of esters is 1. The van der Waals surface area contributed by atoms with Crippen molar-refractivity contribution in [3.63, 3.8) is 0 Å². The van der Waals surface area contributed by atoms with Gasteiger partial charge in [0, 0.05) is 17.0 Å². The molecule has 0 aliphatic heterocycles. The second kappa shape index (κ2) is 5.32. The van der Waals surface area contributed by atoms with Crippen LogP contribution in [-0.2, 0) is 4.74 Å². The summed E-state index contributed by atoms with van der Waals surface area (Å²) in [5.41, 5.74) is -0.464. The molecule has 0 aliphatic carbocycles. The van der Waals surface area contributed by atoms with Crippen LogP contribution in [0.2, 0.25) is 0 Å². The van der Waals surface area contributed by atoms with Gasteiger partial charge in [-0.1, -0.05) is 0 Å². The summed E-state index contributed by atoms with van der Waals surface area (Å²) in [5, 5.41) is 19.4. The van der Waals surface area contributed by atoms with Crippen molar-refractivity contribution in [2.75, 3.05) is 6.61 Å². The number of hydrogen-bond donors (Lipinski definition) is 1. The van der Waals surface area contributed by atoms with E-state index in [1.807, 2.05) is 0 Å². The molecule has 0 amide bonds.